The second-order valence-electron chi connectivity index (χ2n) is 10.6. The van der Waals surface area contributed by atoms with Crippen LogP contribution in [-0.2, 0) is 9.53 Å². The summed E-state index contributed by atoms with van der Waals surface area (Å²) < 4.78 is 6.17. The third kappa shape index (κ3) is 2.71. The summed E-state index contributed by atoms with van der Waals surface area (Å²) in [5, 5.41) is 0. The number of ether oxygens (including phenoxy) is 1. The van der Waals surface area contributed by atoms with E-state index >= 15 is 0 Å². The second-order valence-corrected chi connectivity index (χ2v) is 13.7. The highest BCUT2D eigenvalue weighted by Crippen LogP contribution is 2.74. The van der Waals surface area contributed by atoms with Gasteiger partial charge in [-0.25, -0.2) is 0 Å². The fourth-order valence-electron chi connectivity index (χ4n) is 8.45. The topological polar surface area (TPSA) is 26.3 Å². The normalized spacial score (nSPS) is 50.7. The largest absolute Gasteiger partial charge is 0.463 e. The number of carbonyl (C=O) groups is 1. The number of fused-ring (bicyclic) bond motifs is 6. The van der Waals surface area contributed by atoms with Crippen LogP contribution in [0.4, 0.5) is 0 Å². The molecule has 0 bridgehead atoms. The van der Waals surface area contributed by atoms with Crippen LogP contribution in [0.3, 0.4) is 0 Å². The van der Waals surface area contributed by atoms with Crippen LogP contribution in [0, 0.1) is 34.5 Å². The van der Waals surface area contributed by atoms with E-state index in [9.17, 15) is 4.79 Å². The summed E-state index contributed by atoms with van der Waals surface area (Å²) in [7, 11) is 0. The molecule has 0 aromatic rings. The van der Waals surface area contributed by atoms with E-state index in [1.807, 2.05) is 0 Å². The van der Waals surface area contributed by atoms with Crippen molar-refractivity contribution in [3.63, 3.8) is 0 Å². The molecular formula is C23H36O2S2. The lowest BCUT2D eigenvalue weighted by atomic mass is 9.45. The number of carbonyl (C=O) groups excluding carboxylic acids is 1. The Kier molecular flexibility index (Phi) is 4.67. The first-order chi connectivity index (χ1) is 12.9. The van der Waals surface area contributed by atoms with Crippen LogP contribution in [0.1, 0.15) is 78.6 Å². The van der Waals surface area contributed by atoms with E-state index in [4.69, 9.17) is 4.74 Å². The molecule has 152 valence electrons. The summed E-state index contributed by atoms with van der Waals surface area (Å²) in [6.45, 7) is 6.87. The van der Waals surface area contributed by atoms with Crippen LogP contribution < -0.4 is 0 Å². The lowest BCUT2D eigenvalue weighted by Crippen LogP contribution is -2.55. The maximum atomic E-state index is 11.4. The van der Waals surface area contributed by atoms with Crippen LogP contribution in [0.25, 0.3) is 0 Å². The summed E-state index contributed by atoms with van der Waals surface area (Å²) in [6.07, 6.45) is 12.3. The molecule has 5 fully saturated rings. The highest BCUT2D eigenvalue weighted by atomic mass is 32.2. The molecule has 4 saturated carbocycles. The Balaban J connectivity index is 1.37. The number of hydrogen-bond donors (Lipinski definition) is 0. The molecule has 0 amide bonds. The van der Waals surface area contributed by atoms with E-state index in [0.717, 1.165) is 36.5 Å². The van der Waals surface area contributed by atoms with Crippen LogP contribution in [-0.4, -0.2) is 27.7 Å². The Bertz CT molecular complexity index is 615. The molecule has 2 nitrogen and oxygen atoms in total. The van der Waals surface area contributed by atoms with Crippen LogP contribution in [0.5, 0.6) is 0 Å². The minimum absolute atomic E-state index is 0.0893. The molecule has 0 unspecified atom stereocenters. The Morgan fingerprint density at radius 2 is 1.67 bits per heavy atom. The lowest BCUT2D eigenvalue weighted by molar-refractivity contribution is -0.159. The standard InChI is InChI=1S/C23H36O2S2/c1-15(24)25-17-6-9-21(2)16(14-17)4-5-18-19(21)7-10-22(3)20(18)8-11-23(22)26-12-13-27-23/h16-20H,4-14H2,1-3H3/t16-,17-,18+,19-,20-,21-,22-/m0/s1. The molecule has 27 heavy (non-hydrogen) atoms. The van der Waals surface area contributed by atoms with Gasteiger partial charge in [-0.3, -0.25) is 4.79 Å². The molecule has 0 aromatic heterocycles. The summed E-state index contributed by atoms with van der Waals surface area (Å²) in [5.41, 5.74) is 1.06. The molecule has 0 N–H and O–H groups in total. The minimum atomic E-state index is -0.0893. The van der Waals surface area contributed by atoms with Gasteiger partial charge >= 0.3 is 5.97 Å². The smallest absolute Gasteiger partial charge is 0.302 e. The van der Waals surface area contributed by atoms with Gasteiger partial charge < -0.3 is 4.74 Å². The molecule has 0 aromatic carbocycles. The number of hydrogen-bond acceptors (Lipinski definition) is 4. The first kappa shape index (κ1) is 19.2. The molecule has 1 aliphatic heterocycles. The van der Waals surface area contributed by atoms with Crippen molar-refractivity contribution in [2.45, 2.75) is 88.7 Å². The van der Waals surface area contributed by atoms with E-state index in [0.29, 0.717) is 14.9 Å². The predicted octanol–water partition coefficient (Wildman–Crippen LogP) is 6.14. The minimum Gasteiger partial charge on any atom is -0.463 e. The summed E-state index contributed by atoms with van der Waals surface area (Å²) in [6, 6.07) is 0. The van der Waals surface area contributed by atoms with Gasteiger partial charge in [-0.15, -0.1) is 23.5 Å². The van der Waals surface area contributed by atoms with E-state index in [1.54, 1.807) is 6.92 Å². The number of rotatable bonds is 1. The second kappa shape index (κ2) is 6.59. The fraction of sp³-hybridized carbons (Fsp3) is 0.957. The Labute approximate surface area is 173 Å². The van der Waals surface area contributed by atoms with Gasteiger partial charge in [0.25, 0.3) is 0 Å². The predicted molar refractivity (Wildman–Crippen MR) is 115 cm³/mol. The monoisotopic (exact) mass is 408 g/mol. The summed E-state index contributed by atoms with van der Waals surface area (Å²) in [5.74, 6) is 6.26. The zero-order chi connectivity index (χ0) is 18.9. The molecule has 0 radical (unpaired) electrons. The zero-order valence-electron chi connectivity index (χ0n) is 17.3. The van der Waals surface area contributed by atoms with Crippen molar-refractivity contribution in [3.8, 4) is 0 Å². The SMILES string of the molecule is CC(=O)O[C@H]1CC[C@@]2(C)[C@@H](CC[C@@H]3[C@@H]2CC[C@@]2(C)[C@H]3CCC23SCCS3)C1. The Hall–Kier alpha value is 0.170. The molecule has 5 rings (SSSR count). The van der Waals surface area contributed by atoms with Gasteiger partial charge in [-0.1, -0.05) is 13.8 Å². The van der Waals surface area contributed by atoms with Crippen molar-refractivity contribution in [1.29, 1.82) is 0 Å². The van der Waals surface area contributed by atoms with E-state index in [-0.39, 0.29) is 12.1 Å². The Morgan fingerprint density at radius 1 is 0.926 bits per heavy atom. The lowest BCUT2D eigenvalue weighted by Gasteiger charge is -2.61. The van der Waals surface area contributed by atoms with Gasteiger partial charge in [0.05, 0.1) is 4.08 Å². The van der Waals surface area contributed by atoms with Gasteiger partial charge in [0.15, 0.2) is 0 Å². The van der Waals surface area contributed by atoms with Crippen LogP contribution in [0.15, 0.2) is 0 Å². The third-order valence-electron chi connectivity index (χ3n) is 9.75. The van der Waals surface area contributed by atoms with Crippen molar-refractivity contribution in [1.82, 2.24) is 0 Å². The van der Waals surface area contributed by atoms with Crippen molar-refractivity contribution >= 4 is 29.5 Å². The van der Waals surface area contributed by atoms with E-state index < -0.39 is 0 Å². The molecule has 4 heteroatoms. The van der Waals surface area contributed by atoms with Crippen molar-refractivity contribution in [2.24, 2.45) is 34.5 Å². The average molecular weight is 409 g/mol. The molecule has 5 aliphatic rings. The van der Waals surface area contributed by atoms with Crippen molar-refractivity contribution in [3.05, 3.63) is 0 Å². The zero-order valence-corrected chi connectivity index (χ0v) is 18.9. The van der Waals surface area contributed by atoms with E-state index in [1.165, 1.54) is 56.5 Å². The van der Waals surface area contributed by atoms with Crippen molar-refractivity contribution in [2.75, 3.05) is 11.5 Å². The molecule has 7 atom stereocenters. The maximum Gasteiger partial charge on any atom is 0.302 e. The average Bonchev–Trinajstić information content (AvgIpc) is 3.21. The molecule has 1 saturated heterocycles. The Morgan fingerprint density at radius 3 is 2.41 bits per heavy atom. The van der Waals surface area contributed by atoms with Crippen LogP contribution in [0.2, 0.25) is 0 Å². The fourth-order valence-corrected chi connectivity index (χ4v) is 12.3. The molecular weight excluding hydrogens is 372 g/mol. The first-order valence-electron chi connectivity index (χ1n) is 11.3. The third-order valence-corrected chi connectivity index (χ3v) is 13.8. The van der Waals surface area contributed by atoms with E-state index in [2.05, 4.69) is 37.4 Å². The summed E-state index contributed by atoms with van der Waals surface area (Å²) >= 11 is 4.64. The van der Waals surface area contributed by atoms with Crippen LogP contribution >= 0.6 is 23.5 Å². The van der Waals surface area contributed by atoms with Gasteiger partial charge in [-0.2, -0.15) is 0 Å². The summed E-state index contributed by atoms with van der Waals surface area (Å²) in [4.78, 5) is 11.4. The number of esters is 1. The van der Waals surface area contributed by atoms with Crippen molar-refractivity contribution < 1.29 is 9.53 Å². The van der Waals surface area contributed by atoms with Gasteiger partial charge in [0, 0.05) is 18.4 Å². The molecule has 4 aliphatic carbocycles. The van der Waals surface area contributed by atoms with Gasteiger partial charge in [0.1, 0.15) is 6.10 Å². The molecule has 1 spiro atoms. The number of thioether (sulfide) groups is 2. The maximum absolute atomic E-state index is 11.4. The van der Waals surface area contributed by atoms with Gasteiger partial charge in [0.2, 0.25) is 0 Å². The van der Waals surface area contributed by atoms with Gasteiger partial charge in [-0.05, 0) is 92.3 Å². The first-order valence-corrected chi connectivity index (χ1v) is 13.3. The molecule has 1 heterocycles. The highest BCUT2D eigenvalue weighted by Gasteiger charge is 2.66. The quantitative estimate of drug-likeness (QED) is 0.487. The highest BCUT2D eigenvalue weighted by molar-refractivity contribution is 8.21.